The van der Waals surface area contributed by atoms with Crippen molar-refractivity contribution in [2.24, 2.45) is 22.2 Å². The summed E-state index contributed by atoms with van der Waals surface area (Å²) in [4.78, 5) is 63.2. The summed E-state index contributed by atoms with van der Waals surface area (Å²) >= 11 is 0. The third-order valence-corrected chi connectivity index (χ3v) is 4.44. The highest BCUT2D eigenvalue weighted by Gasteiger charge is 2.32. The average Bonchev–Trinajstić information content (AvgIpc) is 2.74. The van der Waals surface area contributed by atoms with E-state index in [0.29, 0.717) is 0 Å². The molecule has 0 aromatic heterocycles. The van der Waals surface area contributed by atoms with Crippen LogP contribution in [0.1, 0.15) is 32.6 Å². The van der Waals surface area contributed by atoms with E-state index in [2.05, 4.69) is 20.9 Å². The standard InChI is InChI=1S/C18H33N7O9/c1-8(27)13(25-14(30)9(19)7-26)16(32)23-10(3-2-6-22-18(20)21)15(31)24-11(17(33)34)4-5-12(28)29/h8-11,13,26-27H,2-7,19H2,1H3,(H,23,32)(H,24,31)(H,25,30)(H,28,29)(H,33,34)(H4,20,21,22). The van der Waals surface area contributed by atoms with Gasteiger partial charge in [0, 0.05) is 13.0 Å². The minimum Gasteiger partial charge on any atom is -0.481 e. The molecule has 0 aromatic rings. The summed E-state index contributed by atoms with van der Waals surface area (Å²) in [6.07, 6.45) is -2.26. The summed E-state index contributed by atoms with van der Waals surface area (Å²) < 4.78 is 0. The molecule has 0 aliphatic heterocycles. The van der Waals surface area contributed by atoms with Gasteiger partial charge in [0.2, 0.25) is 17.7 Å². The SMILES string of the molecule is CC(O)C(NC(=O)C(N)CO)C(=O)NC(CCCN=C(N)N)C(=O)NC(CCC(=O)O)C(=O)O. The van der Waals surface area contributed by atoms with E-state index in [1.165, 1.54) is 6.92 Å². The predicted octanol–water partition coefficient (Wildman–Crippen LogP) is -4.86. The van der Waals surface area contributed by atoms with Crippen molar-refractivity contribution in [1.29, 1.82) is 0 Å². The number of carbonyl (C=O) groups excluding carboxylic acids is 3. The maximum atomic E-state index is 12.7. The van der Waals surface area contributed by atoms with E-state index in [-0.39, 0.29) is 25.3 Å². The maximum absolute atomic E-state index is 12.7. The second-order valence-corrected chi connectivity index (χ2v) is 7.36. The summed E-state index contributed by atoms with van der Waals surface area (Å²) in [7, 11) is 0. The van der Waals surface area contributed by atoms with Crippen LogP contribution in [0.15, 0.2) is 4.99 Å². The van der Waals surface area contributed by atoms with Gasteiger partial charge >= 0.3 is 11.9 Å². The first-order valence-corrected chi connectivity index (χ1v) is 10.3. The number of aliphatic carboxylic acids is 2. The second kappa shape index (κ2) is 15.4. The van der Waals surface area contributed by atoms with Crippen LogP contribution in [0.4, 0.5) is 0 Å². The Hall–Kier alpha value is -3.50. The highest BCUT2D eigenvalue weighted by molar-refractivity contribution is 5.94. The zero-order valence-corrected chi connectivity index (χ0v) is 18.6. The number of aliphatic hydroxyl groups excluding tert-OH is 2. The first-order chi connectivity index (χ1) is 15.8. The predicted molar refractivity (Wildman–Crippen MR) is 117 cm³/mol. The van der Waals surface area contributed by atoms with Crippen LogP contribution >= 0.6 is 0 Å². The fraction of sp³-hybridized carbons (Fsp3) is 0.667. The summed E-state index contributed by atoms with van der Waals surface area (Å²) in [5.41, 5.74) is 15.8. The molecule has 0 bridgehead atoms. The van der Waals surface area contributed by atoms with Crippen LogP contribution in [0.2, 0.25) is 0 Å². The molecule has 34 heavy (non-hydrogen) atoms. The lowest BCUT2D eigenvalue weighted by Gasteiger charge is -2.26. The fourth-order valence-electron chi connectivity index (χ4n) is 2.58. The Morgan fingerprint density at radius 1 is 0.912 bits per heavy atom. The number of rotatable bonds is 16. The van der Waals surface area contributed by atoms with Gasteiger partial charge in [-0.1, -0.05) is 0 Å². The van der Waals surface area contributed by atoms with Gasteiger partial charge in [0.1, 0.15) is 24.2 Å². The smallest absolute Gasteiger partial charge is 0.326 e. The van der Waals surface area contributed by atoms with E-state index in [1.807, 2.05) is 0 Å². The molecule has 13 N–H and O–H groups in total. The number of nitrogens with two attached hydrogens (primary N) is 3. The molecule has 0 rings (SSSR count). The zero-order valence-electron chi connectivity index (χ0n) is 18.6. The number of nitrogens with zero attached hydrogens (tertiary/aromatic N) is 1. The molecule has 0 aliphatic carbocycles. The number of nitrogens with one attached hydrogen (secondary N) is 3. The van der Waals surface area contributed by atoms with E-state index >= 15 is 0 Å². The maximum Gasteiger partial charge on any atom is 0.326 e. The molecule has 0 radical (unpaired) electrons. The zero-order chi connectivity index (χ0) is 26.4. The number of amides is 3. The van der Waals surface area contributed by atoms with Gasteiger partial charge in [-0.05, 0) is 26.2 Å². The van der Waals surface area contributed by atoms with Gasteiger partial charge in [-0.3, -0.25) is 24.2 Å². The van der Waals surface area contributed by atoms with Crippen molar-refractivity contribution >= 4 is 35.6 Å². The van der Waals surface area contributed by atoms with Crippen molar-refractivity contribution in [2.75, 3.05) is 13.2 Å². The van der Waals surface area contributed by atoms with E-state index in [1.54, 1.807) is 0 Å². The number of guanidine groups is 1. The molecule has 0 spiro atoms. The first-order valence-electron chi connectivity index (χ1n) is 10.3. The molecule has 16 nitrogen and oxygen atoms in total. The molecule has 0 saturated carbocycles. The lowest BCUT2D eigenvalue weighted by atomic mass is 10.1. The Bertz CT molecular complexity index is 756. The number of hydrogen-bond acceptors (Lipinski definition) is 9. The Balaban J connectivity index is 5.54. The van der Waals surface area contributed by atoms with Crippen LogP contribution in [0.5, 0.6) is 0 Å². The molecular formula is C18H33N7O9. The van der Waals surface area contributed by atoms with E-state index in [9.17, 15) is 34.2 Å². The fourth-order valence-corrected chi connectivity index (χ4v) is 2.58. The van der Waals surface area contributed by atoms with Crippen LogP contribution in [-0.4, -0.2) is 99.5 Å². The van der Waals surface area contributed by atoms with E-state index in [0.717, 1.165) is 0 Å². The number of aliphatic hydroxyl groups is 2. The summed E-state index contributed by atoms with van der Waals surface area (Å²) in [6, 6.07) is -5.81. The molecule has 0 saturated heterocycles. The van der Waals surface area contributed by atoms with Crippen molar-refractivity contribution < 1.29 is 44.4 Å². The lowest BCUT2D eigenvalue weighted by Crippen LogP contribution is -2.60. The number of carbonyl (C=O) groups is 5. The lowest BCUT2D eigenvalue weighted by molar-refractivity contribution is -0.143. The van der Waals surface area contributed by atoms with Crippen LogP contribution in [-0.2, 0) is 24.0 Å². The Labute approximate surface area is 194 Å². The number of carboxylic acid groups (broad SMARTS) is 2. The summed E-state index contributed by atoms with van der Waals surface area (Å²) in [5, 5.41) is 43.5. The molecule has 0 heterocycles. The number of aliphatic imine (C=N–C) groups is 1. The quantitative estimate of drug-likeness (QED) is 0.0552. The van der Waals surface area contributed by atoms with Gasteiger partial charge in [-0.25, -0.2) is 4.79 Å². The second-order valence-electron chi connectivity index (χ2n) is 7.36. The Morgan fingerprint density at radius 2 is 1.50 bits per heavy atom. The van der Waals surface area contributed by atoms with Gasteiger partial charge < -0.3 is 53.6 Å². The number of hydrogen-bond donors (Lipinski definition) is 10. The van der Waals surface area contributed by atoms with E-state index < -0.39 is 79.4 Å². The molecule has 194 valence electrons. The minimum atomic E-state index is -1.56. The van der Waals surface area contributed by atoms with Crippen molar-refractivity contribution in [2.45, 2.75) is 62.9 Å². The van der Waals surface area contributed by atoms with Gasteiger partial charge in [-0.15, -0.1) is 0 Å². The van der Waals surface area contributed by atoms with Crippen molar-refractivity contribution in [1.82, 2.24) is 16.0 Å². The summed E-state index contributed by atoms with van der Waals surface area (Å²) in [6.45, 7) is 0.545. The minimum absolute atomic E-state index is 0.0732. The highest BCUT2D eigenvalue weighted by Crippen LogP contribution is 2.05. The normalized spacial score (nSPS) is 15.1. The van der Waals surface area contributed by atoms with Crippen molar-refractivity contribution in [3.63, 3.8) is 0 Å². The summed E-state index contributed by atoms with van der Waals surface area (Å²) in [5.74, 6) is -5.82. The van der Waals surface area contributed by atoms with Crippen molar-refractivity contribution in [3.8, 4) is 0 Å². The molecule has 3 amide bonds. The van der Waals surface area contributed by atoms with Crippen molar-refractivity contribution in [3.05, 3.63) is 0 Å². The number of carboxylic acids is 2. The molecule has 5 atom stereocenters. The molecule has 0 aromatic carbocycles. The average molecular weight is 492 g/mol. The monoisotopic (exact) mass is 491 g/mol. The van der Waals surface area contributed by atoms with Gasteiger partial charge in [0.25, 0.3) is 0 Å². The van der Waals surface area contributed by atoms with Crippen LogP contribution in [0.25, 0.3) is 0 Å². The molecule has 5 unspecified atom stereocenters. The van der Waals surface area contributed by atoms with Crippen LogP contribution in [0, 0.1) is 0 Å². The Kier molecular flexibility index (Phi) is 13.8. The van der Waals surface area contributed by atoms with E-state index in [4.69, 9.17) is 27.4 Å². The van der Waals surface area contributed by atoms with Crippen LogP contribution in [0.3, 0.4) is 0 Å². The largest absolute Gasteiger partial charge is 0.481 e. The van der Waals surface area contributed by atoms with Gasteiger partial charge in [0.05, 0.1) is 12.7 Å². The molecular weight excluding hydrogens is 458 g/mol. The van der Waals surface area contributed by atoms with Gasteiger partial charge in [-0.2, -0.15) is 0 Å². The highest BCUT2D eigenvalue weighted by atomic mass is 16.4. The third-order valence-electron chi connectivity index (χ3n) is 4.44. The Morgan fingerprint density at radius 3 is 1.97 bits per heavy atom. The first kappa shape index (κ1) is 30.5. The molecule has 16 heteroatoms. The topological polar surface area (TPSA) is 293 Å². The molecule has 0 fully saturated rings. The molecule has 0 aliphatic rings. The van der Waals surface area contributed by atoms with Crippen LogP contribution < -0.4 is 33.2 Å². The third kappa shape index (κ3) is 11.9. The van der Waals surface area contributed by atoms with Gasteiger partial charge in [0.15, 0.2) is 5.96 Å².